The Hall–Kier alpha value is -1.62. The number of para-hydroxylation sites is 1. The topological polar surface area (TPSA) is 67.2 Å². The van der Waals surface area contributed by atoms with Gasteiger partial charge in [-0.05, 0) is 18.6 Å². The SMILES string of the molecule is CCCNC(=O)c1cccc(F)c1NN. The predicted molar refractivity (Wildman–Crippen MR) is 56.8 cm³/mol. The maximum atomic E-state index is 13.2. The maximum Gasteiger partial charge on any atom is 0.253 e. The third-order valence-electron chi connectivity index (χ3n) is 1.94. The minimum Gasteiger partial charge on any atom is -0.352 e. The monoisotopic (exact) mass is 211 g/mol. The molecule has 1 aromatic carbocycles. The number of nitrogen functional groups attached to an aromatic ring is 1. The number of hydrogen-bond acceptors (Lipinski definition) is 3. The molecule has 82 valence electrons. The number of hydrazine groups is 1. The Kier molecular flexibility index (Phi) is 4.05. The number of nitrogens with two attached hydrogens (primary N) is 1. The quantitative estimate of drug-likeness (QED) is 0.518. The van der Waals surface area contributed by atoms with Crippen LogP contribution in [0.2, 0.25) is 0 Å². The summed E-state index contributed by atoms with van der Waals surface area (Å²) in [6.45, 7) is 2.49. The highest BCUT2D eigenvalue weighted by atomic mass is 19.1. The Morgan fingerprint density at radius 3 is 2.87 bits per heavy atom. The van der Waals surface area contributed by atoms with Crippen LogP contribution in [0.1, 0.15) is 23.7 Å². The van der Waals surface area contributed by atoms with E-state index in [2.05, 4.69) is 10.7 Å². The number of hydrogen-bond donors (Lipinski definition) is 3. The number of carbonyl (C=O) groups is 1. The van der Waals surface area contributed by atoms with Crippen molar-refractivity contribution in [1.29, 1.82) is 0 Å². The molecule has 0 aliphatic heterocycles. The van der Waals surface area contributed by atoms with Gasteiger partial charge in [-0.3, -0.25) is 10.6 Å². The van der Waals surface area contributed by atoms with Crippen LogP contribution in [0.4, 0.5) is 10.1 Å². The molecule has 0 saturated carbocycles. The van der Waals surface area contributed by atoms with Crippen LogP contribution < -0.4 is 16.6 Å². The number of amides is 1. The number of anilines is 1. The van der Waals surface area contributed by atoms with E-state index in [-0.39, 0.29) is 17.2 Å². The average Bonchev–Trinajstić information content (AvgIpc) is 2.25. The summed E-state index contributed by atoms with van der Waals surface area (Å²) in [4.78, 5) is 11.6. The van der Waals surface area contributed by atoms with E-state index in [0.717, 1.165) is 6.42 Å². The van der Waals surface area contributed by atoms with Crippen LogP contribution in [-0.4, -0.2) is 12.5 Å². The minimum absolute atomic E-state index is 0.0195. The molecule has 5 heteroatoms. The van der Waals surface area contributed by atoms with Crippen LogP contribution >= 0.6 is 0 Å². The van der Waals surface area contributed by atoms with Crippen LogP contribution in [0.25, 0.3) is 0 Å². The summed E-state index contributed by atoms with van der Waals surface area (Å²) in [5.41, 5.74) is 2.42. The van der Waals surface area contributed by atoms with Crippen LogP contribution in [-0.2, 0) is 0 Å². The average molecular weight is 211 g/mol. The van der Waals surface area contributed by atoms with Gasteiger partial charge in [0.05, 0.1) is 11.3 Å². The summed E-state index contributed by atoms with van der Waals surface area (Å²) < 4.78 is 13.2. The zero-order valence-corrected chi connectivity index (χ0v) is 8.51. The summed E-state index contributed by atoms with van der Waals surface area (Å²) in [6.07, 6.45) is 0.826. The molecule has 0 aromatic heterocycles. The largest absolute Gasteiger partial charge is 0.352 e. The molecule has 0 atom stereocenters. The second kappa shape index (κ2) is 5.31. The molecule has 1 aromatic rings. The second-order valence-corrected chi connectivity index (χ2v) is 3.06. The molecule has 0 saturated heterocycles. The standard InChI is InChI=1S/C10H14FN3O/c1-2-6-13-10(15)7-4-3-5-8(11)9(7)14-12/h3-5,14H,2,6,12H2,1H3,(H,13,15). The second-order valence-electron chi connectivity index (χ2n) is 3.06. The van der Waals surface area contributed by atoms with Gasteiger partial charge in [-0.1, -0.05) is 13.0 Å². The van der Waals surface area contributed by atoms with E-state index in [1.807, 2.05) is 6.92 Å². The van der Waals surface area contributed by atoms with Crippen molar-refractivity contribution in [2.24, 2.45) is 5.84 Å². The van der Waals surface area contributed by atoms with Gasteiger partial charge in [-0.2, -0.15) is 0 Å². The number of nitrogens with one attached hydrogen (secondary N) is 2. The predicted octanol–water partition coefficient (Wildman–Crippen LogP) is 1.25. The van der Waals surface area contributed by atoms with Gasteiger partial charge in [-0.25, -0.2) is 4.39 Å². The van der Waals surface area contributed by atoms with Gasteiger partial charge in [-0.15, -0.1) is 0 Å². The van der Waals surface area contributed by atoms with Crippen molar-refractivity contribution in [3.8, 4) is 0 Å². The highest BCUT2D eigenvalue weighted by Crippen LogP contribution is 2.18. The molecule has 1 rings (SSSR count). The third-order valence-corrected chi connectivity index (χ3v) is 1.94. The van der Waals surface area contributed by atoms with Crippen molar-refractivity contribution in [1.82, 2.24) is 5.32 Å². The summed E-state index contributed by atoms with van der Waals surface area (Å²) >= 11 is 0. The number of rotatable bonds is 4. The van der Waals surface area contributed by atoms with Crippen molar-refractivity contribution in [3.05, 3.63) is 29.6 Å². The van der Waals surface area contributed by atoms with Crippen molar-refractivity contribution < 1.29 is 9.18 Å². The Balaban J connectivity index is 2.92. The van der Waals surface area contributed by atoms with E-state index in [4.69, 9.17) is 5.84 Å². The van der Waals surface area contributed by atoms with Crippen molar-refractivity contribution in [2.75, 3.05) is 12.0 Å². The molecule has 4 nitrogen and oxygen atoms in total. The Morgan fingerprint density at radius 1 is 1.53 bits per heavy atom. The zero-order chi connectivity index (χ0) is 11.3. The first kappa shape index (κ1) is 11.5. The van der Waals surface area contributed by atoms with E-state index in [0.29, 0.717) is 6.54 Å². The fourth-order valence-electron chi connectivity index (χ4n) is 1.19. The summed E-state index contributed by atoms with van der Waals surface area (Å²) in [6, 6.07) is 4.23. The van der Waals surface area contributed by atoms with Crippen molar-refractivity contribution in [3.63, 3.8) is 0 Å². The van der Waals surface area contributed by atoms with E-state index >= 15 is 0 Å². The van der Waals surface area contributed by atoms with Crippen LogP contribution in [0.3, 0.4) is 0 Å². The fraction of sp³-hybridized carbons (Fsp3) is 0.300. The molecule has 0 fully saturated rings. The fourth-order valence-corrected chi connectivity index (χ4v) is 1.19. The van der Waals surface area contributed by atoms with Crippen LogP contribution in [0.15, 0.2) is 18.2 Å². The van der Waals surface area contributed by atoms with Gasteiger partial charge in [0.2, 0.25) is 0 Å². The van der Waals surface area contributed by atoms with Crippen molar-refractivity contribution in [2.45, 2.75) is 13.3 Å². The molecule has 1 amide bonds. The first-order chi connectivity index (χ1) is 7.20. The minimum atomic E-state index is -0.540. The first-order valence-corrected chi connectivity index (χ1v) is 4.74. The molecule has 0 unspecified atom stereocenters. The van der Waals surface area contributed by atoms with E-state index < -0.39 is 5.82 Å². The smallest absolute Gasteiger partial charge is 0.253 e. The molecule has 0 aliphatic carbocycles. The van der Waals surface area contributed by atoms with Gasteiger partial charge >= 0.3 is 0 Å². The summed E-state index contributed by atoms with van der Waals surface area (Å²) in [7, 11) is 0. The molecule has 0 spiro atoms. The lowest BCUT2D eigenvalue weighted by molar-refractivity contribution is 0.0954. The normalized spacial score (nSPS) is 9.80. The lowest BCUT2D eigenvalue weighted by atomic mass is 10.1. The molecule has 0 radical (unpaired) electrons. The van der Waals surface area contributed by atoms with Gasteiger partial charge < -0.3 is 10.7 Å². The maximum absolute atomic E-state index is 13.2. The highest BCUT2D eigenvalue weighted by Gasteiger charge is 2.13. The molecule has 0 aliphatic rings. The first-order valence-electron chi connectivity index (χ1n) is 4.74. The molecular formula is C10H14FN3O. The van der Waals surface area contributed by atoms with Crippen LogP contribution in [0, 0.1) is 5.82 Å². The highest BCUT2D eigenvalue weighted by molar-refractivity contribution is 5.99. The molecule has 0 bridgehead atoms. The summed E-state index contributed by atoms with van der Waals surface area (Å²) in [5, 5.41) is 2.65. The van der Waals surface area contributed by atoms with Gasteiger partial charge in [0.25, 0.3) is 5.91 Å². The van der Waals surface area contributed by atoms with Crippen molar-refractivity contribution >= 4 is 11.6 Å². The Labute approximate surface area is 87.6 Å². The van der Waals surface area contributed by atoms with E-state index in [1.165, 1.54) is 18.2 Å². The summed E-state index contributed by atoms with van der Waals surface area (Å²) in [5.74, 6) is 4.28. The third kappa shape index (κ3) is 2.66. The van der Waals surface area contributed by atoms with Gasteiger partial charge in [0.15, 0.2) is 0 Å². The van der Waals surface area contributed by atoms with Gasteiger partial charge in [0.1, 0.15) is 5.82 Å². The lowest BCUT2D eigenvalue weighted by Gasteiger charge is -2.09. The number of halogens is 1. The molecule has 0 heterocycles. The molecule has 15 heavy (non-hydrogen) atoms. The molecular weight excluding hydrogens is 197 g/mol. The zero-order valence-electron chi connectivity index (χ0n) is 8.51. The van der Waals surface area contributed by atoms with E-state index in [1.54, 1.807) is 0 Å². The van der Waals surface area contributed by atoms with Crippen LogP contribution in [0.5, 0.6) is 0 Å². The van der Waals surface area contributed by atoms with Gasteiger partial charge in [0, 0.05) is 6.54 Å². The lowest BCUT2D eigenvalue weighted by Crippen LogP contribution is -2.26. The number of benzene rings is 1. The van der Waals surface area contributed by atoms with E-state index in [9.17, 15) is 9.18 Å². The Bertz CT molecular complexity index is 355. The number of carbonyl (C=O) groups excluding carboxylic acids is 1. The Morgan fingerprint density at radius 2 is 2.27 bits per heavy atom. The molecule has 4 N–H and O–H groups in total.